The highest BCUT2D eigenvalue weighted by Gasteiger charge is 2.36. The van der Waals surface area contributed by atoms with Crippen LogP contribution in [0.5, 0.6) is 0 Å². The predicted molar refractivity (Wildman–Crippen MR) is 61.0 cm³/mol. The highest BCUT2D eigenvalue weighted by molar-refractivity contribution is 5.79. The Morgan fingerprint density at radius 1 is 1.55 bits per heavy atom. The molecule has 1 unspecified atom stereocenters. The van der Waals surface area contributed by atoms with Gasteiger partial charge in [-0.05, 0) is 6.07 Å². The first-order valence-electron chi connectivity index (χ1n) is 5.76. The molecular weight excluding hydrogens is 279 g/mol. The molecule has 0 amide bonds. The SMILES string of the molecule is COC(=O)C1COCCN1c1nccc(C(F)(F)F)n1. The van der Waals surface area contributed by atoms with Gasteiger partial charge in [-0.15, -0.1) is 0 Å². The van der Waals surface area contributed by atoms with Crippen molar-refractivity contribution >= 4 is 11.9 Å². The summed E-state index contributed by atoms with van der Waals surface area (Å²) >= 11 is 0. The zero-order chi connectivity index (χ0) is 14.8. The molecule has 1 aliphatic heterocycles. The number of nitrogens with zero attached hydrogens (tertiary/aromatic N) is 3. The van der Waals surface area contributed by atoms with Crippen LogP contribution in [0.1, 0.15) is 5.69 Å². The first kappa shape index (κ1) is 14.5. The summed E-state index contributed by atoms with van der Waals surface area (Å²) in [6.07, 6.45) is -3.56. The standard InChI is InChI=1S/C11H12F3N3O3/c1-19-9(18)7-6-20-5-4-17(7)10-15-3-2-8(16-10)11(12,13)14/h2-3,7H,4-6H2,1H3. The number of carbonyl (C=O) groups is 1. The zero-order valence-electron chi connectivity index (χ0n) is 10.6. The van der Waals surface area contributed by atoms with Gasteiger partial charge in [-0.25, -0.2) is 14.8 Å². The van der Waals surface area contributed by atoms with Crippen molar-refractivity contribution in [2.45, 2.75) is 12.2 Å². The number of halogens is 3. The molecule has 110 valence electrons. The summed E-state index contributed by atoms with van der Waals surface area (Å²) in [6, 6.07) is -0.0749. The molecule has 1 aromatic heterocycles. The van der Waals surface area contributed by atoms with E-state index in [9.17, 15) is 18.0 Å². The maximum Gasteiger partial charge on any atom is 0.433 e. The second kappa shape index (κ2) is 5.61. The molecule has 0 spiro atoms. The third-order valence-electron chi connectivity index (χ3n) is 2.79. The van der Waals surface area contributed by atoms with Crippen molar-refractivity contribution in [1.82, 2.24) is 9.97 Å². The molecule has 6 nitrogen and oxygen atoms in total. The summed E-state index contributed by atoms with van der Waals surface area (Å²) in [5, 5.41) is 0. The van der Waals surface area contributed by atoms with E-state index in [-0.39, 0.29) is 25.7 Å². The van der Waals surface area contributed by atoms with Gasteiger partial charge in [-0.3, -0.25) is 0 Å². The van der Waals surface area contributed by atoms with Gasteiger partial charge in [0.25, 0.3) is 0 Å². The van der Waals surface area contributed by atoms with Gasteiger partial charge in [0.1, 0.15) is 5.69 Å². The first-order valence-corrected chi connectivity index (χ1v) is 5.76. The lowest BCUT2D eigenvalue weighted by atomic mass is 10.2. The summed E-state index contributed by atoms with van der Waals surface area (Å²) in [5.74, 6) is -0.774. The number of carbonyl (C=O) groups excluding carboxylic acids is 1. The third kappa shape index (κ3) is 2.98. The molecule has 0 bridgehead atoms. The molecule has 0 aromatic carbocycles. The Hall–Kier alpha value is -1.90. The van der Waals surface area contributed by atoms with Gasteiger partial charge in [-0.1, -0.05) is 0 Å². The number of rotatable bonds is 2. The van der Waals surface area contributed by atoms with Crippen molar-refractivity contribution in [3.05, 3.63) is 18.0 Å². The Morgan fingerprint density at radius 3 is 2.95 bits per heavy atom. The van der Waals surface area contributed by atoms with Crippen LogP contribution in [0.4, 0.5) is 19.1 Å². The van der Waals surface area contributed by atoms with Crippen molar-refractivity contribution in [3.63, 3.8) is 0 Å². The summed E-state index contributed by atoms with van der Waals surface area (Å²) < 4.78 is 47.6. The molecule has 0 N–H and O–H groups in total. The molecule has 0 saturated carbocycles. The van der Waals surface area contributed by atoms with Crippen LogP contribution in [0.2, 0.25) is 0 Å². The van der Waals surface area contributed by atoms with Crippen molar-refractivity contribution in [1.29, 1.82) is 0 Å². The van der Waals surface area contributed by atoms with Gasteiger partial charge in [0.05, 0.1) is 20.3 Å². The van der Waals surface area contributed by atoms with Crippen LogP contribution in [0.15, 0.2) is 12.3 Å². The number of anilines is 1. The molecular formula is C11H12F3N3O3. The Morgan fingerprint density at radius 2 is 2.30 bits per heavy atom. The number of aromatic nitrogens is 2. The van der Waals surface area contributed by atoms with E-state index in [4.69, 9.17) is 4.74 Å². The third-order valence-corrected chi connectivity index (χ3v) is 2.79. The van der Waals surface area contributed by atoms with Crippen molar-refractivity contribution < 1.29 is 27.4 Å². The van der Waals surface area contributed by atoms with Crippen molar-refractivity contribution in [2.75, 3.05) is 31.8 Å². The van der Waals surface area contributed by atoms with Crippen molar-refractivity contribution in [3.8, 4) is 0 Å². The lowest BCUT2D eigenvalue weighted by Gasteiger charge is -2.33. The van der Waals surface area contributed by atoms with Crippen LogP contribution in [0, 0.1) is 0 Å². The van der Waals surface area contributed by atoms with E-state index >= 15 is 0 Å². The van der Waals surface area contributed by atoms with E-state index in [2.05, 4.69) is 14.7 Å². The molecule has 1 aromatic rings. The maximum atomic E-state index is 12.6. The Balaban J connectivity index is 2.30. The van der Waals surface area contributed by atoms with Gasteiger partial charge in [0, 0.05) is 12.7 Å². The topological polar surface area (TPSA) is 64.6 Å². The first-order chi connectivity index (χ1) is 9.43. The normalized spacial score (nSPS) is 19.8. The number of ether oxygens (including phenoxy) is 2. The quantitative estimate of drug-likeness (QED) is 0.754. The lowest BCUT2D eigenvalue weighted by molar-refractivity contribution is -0.144. The van der Waals surface area contributed by atoms with Crippen LogP contribution in [-0.2, 0) is 20.4 Å². The predicted octanol–water partition coefficient (Wildman–Crippen LogP) is 0.874. The average molecular weight is 291 g/mol. The van der Waals surface area contributed by atoms with Gasteiger partial charge in [0.2, 0.25) is 5.95 Å². The van der Waals surface area contributed by atoms with Crippen LogP contribution in [-0.4, -0.2) is 48.8 Å². The van der Waals surface area contributed by atoms with Crippen LogP contribution >= 0.6 is 0 Å². The number of hydrogen-bond acceptors (Lipinski definition) is 6. The molecule has 2 heterocycles. The maximum absolute atomic E-state index is 12.6. The van der Waals surface area contributed by atoms with Gasteiger partial charge in [-0.2, -0.15) is 13.2 Å². The van der Waals surface area contributed by atoms with Crippen LogP contribution in [0.3, 0.4) is 0 Å². The monoisotopic (exact) mass is 291 g/mol. The summed E-state index contributed by atoms with van der Waals surface area (Å²) in [7, 11) is 1.20. The van der Waals surface area contributed by atoms with Gasteiger partial charge in [0.15, 0.2) is 6.04 Å². The summed E-state index contributed by atoms with van der Waals surface area (Å²) in [6.45, 7) is 0.500. The van der Waals surface area contributed by atoms with Gasteiger partial charge < -0.3 is 14.4 Å². The van der Waals surface area contributed by atoms with E-state index in [1.54, 1.807) is 0 Å². The van der Waals surface area contributed by atoms with Crippen LogP contribution < -0.4 is 4.90 Å². The summed E-state index contributed by atoms with van der Waals surface area (Å²) in [4.78, 5) is 20.2. The van der Waals surface area contributed by atoms with E-state index in [1.165, 1.54) is 12.0 Å². The molecule has 20 heavy (non-hydrogen) atoms. The molecule has 1 saturated heterocycles. The number of morpholine rings is 1. The smallest absolute Gasteiger partial charge is 0.433 e. The van der Waals surface area contributed by atoms with E-state index in [0.29, 0.717) is 0 Å². The molecule has 0 aliphatic carbocycles. The van der Waals surface area contributed by atoms with E-state index in [1.807, 2.05) is 0 Å². The second-order valence-electron chi connectivity index (χ2n) is 4.05. The lowest BCUT2D eigenvalue weighted by Crippen LogP contribution is -2.51. The van der Waals surface area contributed by atoms with E-state index < -0.39 is 23.9 Å². The fourth-order valence-electron chi connectivity index (χ4n) is 1.82. The molecule has 1 fully saturated rings. The molecule has 9 heteroatoms. The minimum absolute atomic E-state index is 0.0201. The minimum Gasteiger partial charge on any atom is -0.467 e. The largest absolute Gasteiger partial charge is 0.467 e. The van der Waals surface area contributed by atoms with Crippen molar-refractivity contribution in [2.24, 2.45) is 0 Å². The zero-order valence-corrected chi connectivity index (χ0v) is 10.6. The van der Waals surface area contributed by atoms with E-state index in [0.717, 1.165) is 12.3 Å². The fourth-order valence-corrected chi connectivity index (χ4v) is 1.82. The molecule has 2 rings (SSSR count). The average Bonchev–Trinajstić information content (AvgIpc) is 2.45. The number of hydrogen-bond donors (Lipinski definition) is 0. The summed E-state index contributed by atoms with van der Waals surface area (Å²) in [5.41, 5.74) is -1.06. The Bertz CT molecular complexity index is 495. The number of alkyl halides is 3. The molecule has 1 aliphatic rings. The second-order valence-corrected chi connectivity index (χ2v) is 4.05. The number of esters is 1. The Labute approximate surface area is 112 Å². The Kier molecular flexibility index (Phi) is 4.07. The van der Waals surface area contributed by atoms with Crippen LogP contribution in [0.25, 0.3) is 0 Å². The highest BCUT2D eigenvalue weighted by atomic mass is 19.4. The highest BCUT2D eigenvalue weighted by Crippen LogP contribution is 2.28. The molecule has 0 radical (unpaired) electrons. The minimum atomic E-state index is -4.56. The molecule has 1 atom stereocenters. The fraction of sp³-hybridized carbons (Fsp3) is 0.545. The number of methoxy groups -OCH3 is 1. The van der Waals surface area contributed by atoms with Gasteiger partial charge >= 0.3 is 12.1 Å².